The first-order chi connectivity index (χ1) is 40.2. The number of ether oxygens (including phenoxy) is 4. The maximum Gasteiger partial charge on any atom is 0.472 e. The van der Waals surface area contributed by atoms with Crippen LogP contribution in [0.1, 0.15) is 312 Å². The van der Waals surface area contributed by atoms with Gasteiger partial charge in [-0.15, -0.1) is 0 Å². The second-order valence-corrected chi connectivity index (χ2v) is 27.8. The Kier molecular flexibility index (Phi) is 53.9. The Morgan fingerprint density at radius 1 is 0.333 bits per heavy atom. The summed E-state index contributed by atoms with van der Waals surface area (Å²) in [6.07, 6.45) is 34.9. The van der Waals surface area contributed by atoms with Gasteiger partial charge in [0.1, 0.15) is 19.3 Å². The van der Waals surface area contributed by atoms with Gasteiger partial charge in [0, 0.05) is 25.7 Å². The molecule has 5 unspecified atom stereocenters. The van der Waals surface area contributed by atoms with Crippen molar-refractivity contribution in [3.63, 3.8) is 0 Å². The van der Waals surface area contributed by atoms with Gasteiger partial charge in [0.25, 0.3) is 0 Å². The van der Waals surface area contributed by atoms with Crippen LogP contribution in [-0.4, -0.2) is 96.7 Å². The number of aliphatic hydroxyl groups is 1. The molecule has 0 radical (unpaired) electrons. The number of esters is 4. The molecule has 498 valence electrons. The fourth-order valence-electron chi connectivity index (χ4n) is 9.54. The van der Waals surface area contributed by atoms with Gasteiger partial charge in [-0.05, 0) is 49.4 Å². The summed E-state index contributed by atoms with van der Waals surface area (Å²) < 4.78 is 68.0. The van der Waals surface area contributed by atoms with E-state index in [1.165, 1.54) is 109 Å². The highest BCUT2D eigenvalue weighted by molar-refractivity contribution is 7.47. The fraction of sp³-hybridized carbons (Fsp3) is 0.938. The van der Waals surface area contributed by atoms with Gasteiger partial charge in [0.2, 0.25) is 0 Å². The van der Waals surface area contributed by atoms with Gasteiger partial charge in [-0.3, -0.25) is 37.3 Å². The highest BCUT2D eigenvalue weighted by atomic mass is 31.2. The molecular weight excluding hydrogens is 1110 g/mol. The zero-order chi connectivity index (χ0) is 62.5. The molecule has 0 aliphatic heterocycles. The molecule has 0 saturated carbocycles. The van der Waals surface area contributed by atoms with Gasteiger partial charge >= 0.3 is 39.5 Å². The molecule has 84 heavy (non-hydrogen) atoms. The largest absolute Gasteiger partial charge is 0.472 e. The Bertz CT molecular complexity index is 1680. The van der Waals surface area contributed by atoms with Crippen LogP contribution in [0.4, 0.5) is 0 Å². The van der Waals surface area contributed by atoms with Crippen LogP contribution in [0.15, 0.2) is 0 Å². The van der Waals surface area contributed by atoms with E-state index in [0.29, 0.717) is 37.5 Å². The van der Waals surface area contributed by atoms with Crippen LogP contribution in [0.5, 0.6) is 0 Å². The molecule has 0 heterocycles. The molecule has 3 N–H and O–H groups in total. The van der Waals surface area contributed by atoms with Crippen molar-refractivity contribution < 1.29 is 80.2 Å². The Hall–Kier alpha value is -1.94. The predicted molar refractivity (Wildman–Crippen MR) is 335 cm³/mol. The number of carbonyl (C=O) groups excluding carboxylic acids is 4. The third-order valence-corrected chi connectivity index (χ3v) is 17.4. The normalized spacial score (nSPS) is 15.1. The lowest BCUT2D eigenvalue weighted by Crippen LogP contribution is -2.30. The Morgan fingerprint density at radius 2 is 0.571 bits per heavy atom. The molecule has 0 aromatic carbocycles. The maximum atomic E-state index is 13.0. The van der Waals surface area contributed by atoms with Crippen LogP contribution in [0.2, 0.25) is 0 Å². The summed E-state index contributed by atoms with van der Waals surface area (Å²) in [7, 11) is -9.89. The topological polar surface area (TPSA) is 237 Å². The van der Waals surface area contributed by atoms with E-state index in [-0.39, 0.29) is 25.7 Å². The summed E-state index contributed by atoms with van der Waals surface area (Å²) in [6.45, 7) is 14.0. The molecule has 0 fully saturated rings. The summed E-state index contributed by atoms with van der Waals surface area (Å²) in [6, 6.07) is 0. The summed E-state index contributed by atoms with van der Waals surface area (Å²) in [4.78, 5) is 72.3. The lowest BCUT2D eigenvalue weighted by molar-refractivity contribution is -0.161. The average molecular weight is 1240 g/mol. The van der Waals surface area contributed by atoms with Gasteiger partial charge in [0.15, 0.2) is 12.2 Å². The summed E-state index contributed by atoms with van der Waals surface area (Å²) in [5.41, 5.74) is 0. The second kappa shape index (κ2) is 55.2. The predicted octanol–water partition coefficient (Wildman–Crippen LogP) is 17.8. The zero-order valence-corrected chi connectivity index (χ0v) is 56.3. The SMILES string of the molecule is CCC(C)CCCCCCCCCCC(=O)OC[C@H](COP(=O)(O)OCC(O)COP(=O)(O)OC[C@@H](COC(=O)CCCCCCCCCC(C)C)OC(=O)CCCCCCCCCC(C)C)OC(=O)CCCCCCCCCCC(C)CC. The number of hydrogen-bond donors (Lipinski definition) is 3. The van der Waals surface area contributed by atoms with Crippen LogP contribution >= 0.6 is 15.6 Å². The van der Waals surface area contributed by atoms with Crippen LogP contribution in [-0.2, 0) is 65.4 Å². The van der Waals surface area contributed by atoms with Crippen molar-refractivity contribution in [2.24, 2.45) is 23.7 Å². The summed E-state index contributed by atoms with van der Waals surface area (Å²) >= 11 is 0. The van der Waals surface area contributed by atoms with Gasteiger partial charge in [-0.1, -0.05) is 261 Å². The molecule has 0 amide bonds. The smallest absolute Gasteiger partial charge is 0.462 e. The number of hydrogen-bond acceptors (Lipinski definition) is 15. The first kappa shape index (κ1) is 82.1. The van der Waals surface area contributed by atoms with Gasteiger partial charge in [-0.25, -0.2) is 9.13 Å². The van der Waals surface area contributed by atoms with E-state index in [2.05, 4.69) is 55.4 Å². The van der Waals surface area contributed by atoms with Crippen molar-refractivity contribution in [2.45, 2.75) is 331 Å². The molecular formula is C65H126O17P2. The summed E-state index contributed by atoms with van der Waals surface area (Å²) in [5, 5.41) is 10.5. The van der Waals surface area contributed by atoms with E-state index in [4.69, 9.17) is 37.0 Å². The van der Waals surface area contributed by atoms with Crippen molar-refractivity contribution >= 4 is 39.5 Å². The Labute approximate surface area is 511 Å². The molecule has 17 nitrogen and oxygen atoms in total. The van der Waals surface area contributed by atoms with E-state index in [1.807, 2.05) is 0 Å². The lowest BCUT2D eigenvalue weighted by atomic mass is 9.99. The summed E-state index contributed by atoms with van der Waals surface area (Å²) in [5.74, 6) is 0.807. The monoisotopic (exact) mass is 1240 g/mol. The number of aliphatic hydroxyl groups excluding tert-OH is 1. The van der Waals surface area contributed by atoms with Crippen LogP contribution in [0, 0.1) is 23.7 Å². The van der Waals surface area contributed by atoms with Crippen molar-refractivity contribution in [3.05, 3.63) is 0 Å². The third-order valence-electron chi connectivity index (χ3n) is 15.5. The van der Waals surface area contributed by atoms with E-state index < -0.39 is 97.5 Å². The highest BCUT2D eigenvalue weighted by Crippen LogP contribution is 2.45. The van der Waals surface area contributed by atoms with E-state index in [0.717, 1.165) is 108 Å². The first-order valence-electron chi connectivity index (χ1n) is 33.8. The molecule has 19 heteroatoms. The second-order valence-electron chi connectivity index (χ2n) is 24.9. The molecule has 0 saturated heterocycles. The standard InChI is InChI=1S/C65H126O17P2/c1-9-57(7)43-35-27-19-11-13-21-29-37-45-62(67)75-51-60(81-64(69)47-39-31-22-14-12-20-28-36-44-58(8)10-2)53-79-83(71,72)77-49-59(66)50-78-84(73,74)80-54-61(82-65(70)48-40-32-24-16-18-26-34-42-56(5)6)52-76-63(68)46-38-30-23-15-17-25-33-41-55(3)4/h55-61,66H,9-54H2,1-8H3,(H,71,72)(H,73,74)/t57?,58?,59?,60-,61-/m1/s1. The molecule has 0 rings (SSSR count). The third kappa shape index (κ3) is 56.6. The van der Waals surface area contributed by atoms with E-state index in [9.17, 15) is 43.2 Å². The van der Waals surface area contributed by atoms with E-state index in [1.54, 1.807) is 0 Å². The quantitative estimate of drug-likeness (QED) is 0.0222. The highest BCUT2D eigenvalue weighted by Gasteiger charge is 2.30. The number of phosphoric acid groups is 2. The Morgan fingerprint density at radius 3 is 0.845 bits per heavy atom. The molecule has 0 aliphatic rings. The molecule has 0 spiro atoms. The van der Waals surface area contributed by atoms with Crippen molar-refractivity contribution in [1.82, 2.24) is 0 Å². The number of phosphoric ester groups is 2. The molecule has 0 aromatic heterocycles. The van der Waals surface area contributed by atoms with Gasteiger partial charge < -0.3 is 33.8 Å². The molecule has 0 bridgehead atoms. The number of unbranched alkanes of at least 4 members (excludes halogenated alkanes) is 26. The van der Waals surface area contributed by atoms with Gasteiger partial charge in [-0.2, -0.15) is 0 Å². The molecule has 0 aliphatic carbocycles. The van der Waals surface area contributed by atoms with Crippen LogP contribution < -0.4 is 0 Å². The first-order valence-corrected chi connectivity index (χ1v) is 36.8. The minimum atomic E-state index is -4.95. The fourth-order valence-corrected chi connectivity index (χ4v) is 11.1. The number of rotatable bonds is 62. The van der Waals surface area contributed by atoms with Crippen molar-refractivity contribution in [2.75, 3.05) is 39.6 Å². The van der Waals surface area contributed by atoms with Crippen molar-refractivity contribution in [1.29, 1.82) is 0 Å². The lowest BCUT2D eigenvalue weighted by Gasteiger charge is -2.21. The molecule has 0 aromatic rings. The maximum absolute atomic E-state index is 13.0. The van der Waals surface area contributed by atoms with Crippen LogP contribution in [0.25, 0.3) is 0 Å². The minimum Gasteiger partial charge on any atom is -0.462 e. The number of carbonyl (C=O) groups is 4. The van der Waals surface area contributed by atoms with Gasteiger partial charge in [0.05, 0.1) is 26.4 Å². The van der Waals surface area contributed by atoms with Crippen molar-refractivity contribution in [3.8, 4) is 0 Å². The molecule has 7 atom stereocenters. The Balaban J connectivity index is 5.27. The zero-order valence-electron chi connectivity index (χ0n) is 54.5. The van der Waals surface area contributed by atoms with E-state index >= 15 is 0 Å². The minimum absolute atomic E-state index is 0.102. The average Bonchev–Trinajstić information content (AvgIpc) is 3.52. The van der Waals surface area contributed by atoms with Crippen LogP contribution in [0.3, 0.4) is 0 Å².